The summed E-state index contributed by atoms with van der Waals surface area (Å²) in [5.74, 6) is 0.389. The predicted molar refractivity (Wildman–Crippen MR) is 75.5 cm³/mol. The molecule has 0 N–H and O–H groups in total. The number of hydrogen-bond acceptors (Lipinski definition) is 4. The zero-order chi connectivity index (χ0) is 14.3. The van der Waals surface area contributed by atoms with Gasteiger partial charge in [0.05, 0.1) is 5.02 Å². The zero-order valence-corrected chi connectivity index (χ0v) is 11.6. The molecule has 2 heterocycles. The fourth-order valence-electron chi connectivity index (χ4n) is 1.85. The van der Waals surface area contributed by atoms with Crippen LogP contribution in [0, 0.1) is 6.92 Å². The van der Waals surface area contributed by atoms with Gasteiger partial charge in [0.15, 0.2) is 5.75 Å². The fraction of sp³-hybridized carbons (Fsp3) is 0.143. The second-order valence-electron chi connectivity index (χ2n) is 4.46. The van der Waals surface area contributed by atoms with Gasteiger partial charge in [0.2, 0.25) is 0 Å². The molecule has 20 heavy (non-hydrogen) atoms. The molecule has 0 atom stereocenters. The Morgan fingerprint density at radius 1 is 1.35 bits per heavy atom. The van der Waals surface area contributed by atoms with Crippen LogP contribution in [0.1, 0.15) is 5.56 Å². The molecule has 0 saturated carbocycles. The number of hydrogen-bond donors (Lipinski definition) is 0. The molecule has 0 fully saturated rings. The molecule has 0 aliphatic heterocycles. The first kappa shape index (κ1) is 12.7. The minimum atomic E-state index is -0.372. The lowest BCUT2D eigenvalue weighted by Crippen LogP contribution is -2.02. The van der Waals surface area contributed by atoms with Gasteiger partial charge in [0.25, 0.3) is 0 Å². The topological polar surface area (TPSA) is 57.3 Å². The first-order valence-electron chi connectivity index (χ1n) is 5.94. The number of ether oxygens (including phenoxy) is 1. The molecule has 0 aliphatic rings. The maximum atomic E-state index is 11.5. The van der Waals surface area contributed by atoms with Gasteiger partial charge in [-0.25, -0.2) is 9.78 Å². The Hall–Kier alpha value is -2.27. The highest BCUT2D eigenvalue weighted by atomic mass is 35.5. The van der Waals surface area contributed by atoms with Crippen molar-refractivity contribution in [3.8, 4) is 11.8 Å². The smallest absolute Gasteiger partial charge is 0.339 e. The number of aryl methyl sites for hydroxylation is 2. The molecule has 0 radical (unpaired) electrons. The maximum Gasteiger partial charge on any atom is 0.339 e. The monoisotopic (exact) mass is 290 g/mol. The summed E-state index contributed by atoms with van der Waals surface area (Å²) in [4.78, 5) is 15.6. The maximum absolute atomic E-state index is 11.5. The quantitative estimate of drug-likeness (QED) is 0.680. The number of imidazole rings is 1. The molecule has 0 spiro atoms. The normalized spacial score (nSPS) is 10.9. The molecule has 2 aromatic heterocycles. The van der Waals surface area contributed by atoms with E-state index >= 15 is 0 Å². The first-order valence-corrected chi connectivity index (χ1v) is 6.31. The number of rotatable bonds is 2. The van der Waals surface area contributed by atoms with Gasteiger partial charge in [-0.2, -0.15) is 0 Å². The third-order valence-corrected chi connectivity index (χ3v) is 3.23. The van der Waals surface area contributed by atoms with Gasteiger partial charge in [-0.05, 0) is 19.1 Å². The molecule has 5 nitrogen and oxygen atoms in total. The van der Waals surface area contributed by atoms with Gasteiger partial charge in [-0.3, -0.25) is 0 Å². The molecule has 0 bridgehead atoms. The van der Waals surface area contributed by atoms with E-state index in [-0.39, 0.29) is 5.63 Å². The zero-order valence-electron chi connectivity index (χ0n) is 10.9. The molecular weight excluding hydrogens is 280 g/mol. The Morgan fingerprint density at radius 3 is 2.85 bits per heavy atom. The van der Waals surface area contributed by atoms with Crippen LogP contribution in [-0.2, 0) is 7.05 Å². The highest BCUT2D eigenvalue weighted by molar-refractivity contribution is 6.32. The van der Waals surface area contributed by atoms with Crippen LogP contribution >= 0.6 is 11.6 Å². The Labute approximate surface area is 119 Å². The number of nitrogens with zero attached hydrogens (tertiary/aromatic N) is 2. The lowest BCUT2D eigenvalue weighted by atomic mass is 10.2. The summed E-state index contributed by atoms with van der Waals surface area (Å²) in [6.45, 7) is 1.69. The highest BCUT2D eigenvalue weighted by Gasteiger charge is 2.11. The molecule has 3 aromatic rings. The van der Waals surface area contributed by atoms with Crippen molar-refractivity contribution in [1.82, 2.24) is 9.55 Å². The van der Waals surface area contributed by atoms with Gasteiger partial charge in [0, 0.05) is 36.5 Å². The molecule has 6 heteroatoms. The number of benzene rings is 1. The van der Waals surface area contributed by atoms with Crippen LogP contribution in [0.25, 0.3) is 11.0 Å². The molecule has 0 aliphatic carbocycles. The van der Waals surface area contributed by atoms with Gasteiger partial charge >= 0.3 is 11.6 Å². The van der Waals surface area contributed by atoms with E-state index < -0.39 is 0 Å². The van der Waals surface area contributed by atoms with Crippen molar-refractivity contribution in [1.29, 1.82) is 0 Å². The van der Waals surface area contributed by atoms with Crippen LogP contribution in [-0.4, -0.2) is 9.55 Å². The fourth-order valence-corrected chi connectivity index (χ4v) is 2.06. The Kier molecular flexibility index (Phi) is 2.99. The summed E-state index contributed by atoms with van der Waals surface area (Å²) in [5.41, 5.74) is 0.586. The Bertz CT molecular complexity index is 851. The van der Waals surface area contributed by atoms with Crippen LogP contribution in [0.5, 0.6) is 11.8 Å². The molecule has 3 rings (SSSR count). The van der Waals surface area contributed by atoms with E-state index in [0.29, 0.717) is 27.9 Å². The molecule has 0 unspecified atom stereocenters. The van der Waals surface area contributed by atoms with Crippen molar-refractivity contribution in [2.45, 2.75) is 6.92 Å². The first-order chi connectivity index (χ1) is 9.54. The largest absolute Gasteiger partial charge is 0.424 e. The van der Waals surface area contributed by atoms with Crippen molar-refractivity contribution in [2.24, 2.45) is 7.05 Å². The van der Waals surface area contributed by atoms with Crippen molar-refractivity contribution in [3.63, 3.8) is 0 Å². The van der Waals surface area contributed by atoms with Crippen molar-refractivity contribution >= 4 is 22.6 Å². The molecule has 102 valence electrons. The lowest BCUT2D eigenvalue weighted by molar-refractivity contribution is 0.424. The average Bonchev–Trinajstić information content (AvgIpc) is 2.79. The minimum Gasteiger partial charge on any atom is -0.424 e. The lowest BCUT2D eigenvalue weighted by Gasteiger charge is -2.08. The van der Waals surface area contributed by atoms with Crippen molar-refractivity contribution in [3.05, 3.63) is 51.6 Å². The Morgan fingerprint density at radius 2 is 2.15 bits per heavy atom. The average molecular weight is 291 g/mol. The van der Waals surface area contributed by atoms with Gasteiger partial charge < -0.3 is 13.7 Å². The molecule has 0 saturated heterocycles. The molecule has 1 aromatic carbocycles. The summed E-state index contributed by atoms with van der Waals surface area (Å²) in [7, 11) is 1.81. The van der Waals surface area contributed by atoms with Crippen LogP contribution < -0.4 is 10.4 Å². The van der Waals surface area contributed by atoms with Gasteiger partial charge in [-0.15, -0.1) is 0 Å². The van der Waals surface area contributed by atoms with E-state index in [1.807, 2.05) is 0 Å². The number of aromatic nitrogens is 2. The SMILES string of the molecule is Cc1cc2cc(Cl)c(Oc3nccn3C)cc2oc1=O. The van der Waals surface area contributed by atoms with Crippen LogP contribution in [0.3, 0.4) is 0 Å². The van der Waals surface area contributed by atoms with E-state index in [2.05, 4.69) is 4.98 Å². The predicted octanol–water partition coefficient (Wildman–Crippen LogP) is 3.28. The van der Waals surface area contributed by atoms with Crippen molar-refractivity contribution in [2.75, 3.05) is 0 Å². The summed E-state index contributed by atoms with van der Waals surface area (Å²) in [5, 5.41) is 1.17. The minimum absolute atomic E-state index is 0.372. The summed E-state index contributed by atoms with van der Waals surface area (Å²) < 4.78 is 12.5. The molecular formula is C14H11ClN2O3. The third kappa shape index (κ3) is 2.16. The van der Waals surface area contributed by atoms with E-state index in [9.17, 15) is 4.79 Å². The van der Waals surface area contributed by atoms with E-state index in [1.165, 1.54) is 0 Å². The number of fused-ring (bicyclic) bond motifs is 1. The van der Waals surface area contributed by atoms with E-state index in [0.717, 1.165) is 5.39 Å². The van der Waals surface area contributed by atoms with Gasteiger partial charge in [-0.1, -0.05) is 11.6 Å². The van der Waals surface area contributed by atoms with Gasteiger partial charge in [0.1, 0.15) is 5.58 Å². The van der Waals surface area contributed by atoms with Crippen LogP contribution in [0.2, 0.25) is 5.02 Å². The van der Waals surface area contributed by atoms with E-state index in [4.69, 9.17) is 20.8 Å². The van der Waals surface area contributed by atoms with Crippen LogP contribution in [0.15, 0.2) is 39.8 Å². The summed E-state index contributed by atoms with van der Waals surface area (Å²) >= 11 is 6.18. The number of halogens is 1. The second-order valence-corrected chi connectivity index (χ2v) is 4.87. The standard InChI is InChI=1S/C14H11ClN2O3/c1-8-5-9-6-10(15)12(7-11(9)19-13(8)18)20-14-16-3-4-17(14)2/h3-7H,1-2H3. The summed E-state index contributed by atoms with van der Waals surface area (Å²) in [6, 6.07) is 5.43. The van der Waals surface area contributed by atoms with Crippen LogP contribution in [0.4, 0.5) is 0 Å². The molecule has 0 amide bonds. The van der Waals surface area contributed by atoms with E-state index in [1.54, 1.807) is 49.1 Å². The second kappa shape index (κ2) is 4.68. The van der Waals surface area contributed by atoms with Crippen molar-refractivity contribution < 1.29 is 9.15 Å². The highest BCUT2D eigenvalue weighted by Crippen LogP contribution is 2.32. The third-order valence-electron chi connectivity index (χ3n) is 2.94. The Balaban J connectivity index is 2.12. The summed E-state index contributed by atoms with van der Waals surface area (Å²) in [6.07, 6.45) is 3.38.